The van der Waals surface area contributed by atoms with Gasteiger partial charge in [0.05, 0.1) is 12.5 Å². The summed E-state index contributed by atoms with van der Waals surface area (Å²) < 4.78 is 0. The van der Waals surface area contributed by atoms with Crippen LogP contribution in [-0.4, -0.2) is 47.8 Å². The van der Waals surface area contributed by atoms with Crippen molar-refractivity contribution in [1.82, 2.24) is 9.80 Å². The highest BCUT2D eigenvalue weighted by atomic mass is 32.1. The van der Waals surface area contributed by atoms with E-state index in [1.807, 2.05) is 28.5 Å². The zero-order valence-electron chi connectivity index (χ0n) is 11.2. The summed E-state index contributed by atoms with van der Waals surface area (Å²) in [6, 6.07) is 5.78. The Hall–Kier alpha value is -1.87. The second-order valence-electron chi connectivity index (χ2n) is 4.71. The van der Waals surface area contributed by atoms with Gasteiger partial charge in [0, 0.05) is 31.1 Å². The molecule has 0 atom stereocenters. The van der Waals surface area contributed by atoms with Crippen LogP contribution in [0.5, 0.6) is 0 Å². The van der Waals surface area contributed by atoms with Gasteiger partial charge in [-0.2, -0.15) is 5.26 Å². The molecule has 0 radical (unpaired) electrons. The Morgan fingerprint density at radius 2 is 1.90 bits per heavy atom. The quantitative estimate of drug-likeness (QED) is 0.842. The first-order valence-electron chi connectivity index (χ1n) is 6.65. The van der Waals surface area contributed by atoms with Crippen molar-refractivity contribution in [2.75, 3.05) is 26.2 Å². The first kappa shape index (κ1) is 14.5. The fraction of sp³-hybridized carbons (Fsp3) is 0.500. The normalized spacial score (nSPS) is 15.6. The molecule has 1 aliphatic heterocycles. The average Bonchev–Trinajstić information content (AvgIpc) is 2.80. The van der Waals surface area contributed by atoms with Gasteiger partial charge in [0.25, 0.3) is 0 Å². The largest absolute Gasteiger partial charge is 0.341 e. The summed E-state index contributed by atoms with van der Waals surface area (Å²) in [4.78, 5) is 28.4. The SMILES string of the molecule is N#CCC(=O)N1CCCN(C(=O)Cc2cccs2)CC1. The number of carbonyl (C=O) groups is 2. The van der Waals surface area contributed by atoms with Crippen LogP contribution >= 0.6 is 11.3 Å². The van der Waals surface area contributed by atoms with E-state index in [1.54, 1.807) is 16.2 Å². The Bertz CT molecular complexity index is 507. The van der Waals surface area contributed by atoms with Gasteiger partial charge in [-0.3, -0.25) is 9.59 Å². The maximum absolute atomic E-state index is 12.2. The monoisotopic (exact) mass is 291 g/mol. The fourth-order valence-electron chi connectivity index (χ4n) is 2.27. The van der Waals surface area contributed by atoms with Crippen molar-refractivity contribution < 1.29 is 9.59 Å². The summed E-state index contributed by atoms with van der Waals surface area (Å²) in [5, 5.41) is 10.5. The summed E-state index contributed by atoms with van der Waals surface area (Å²) in [5.41, 5.74) is 0. The average molecular weight is 291 g/mol. The third-order valence-electron chi connectivity index (χ3n) is 3.34. The third kappa shape index (κ3) is 3.81. The van der Waals surface area contributed by atoms with E-state index in [0.29, 0.717) is 32.6 Å². The van der Waals surface area contributed by atoms with Crippen molar-refractivity contribution in [3.63, 3.8) is 0 Å². The van der Waals surface area contributed by atoms with Crippen LogP contribution in [0.3, 0.4) is 0 Å². The van der Waals surface area contributed by atoms with Gasteiger partial charge < -0.3 is 9.80 Å². The van der Waals surface area contributed by atoms with Gasteiger partial charge >= 0.3 is 0 Å². The van der Waals surface area contributed by atoms with E-state index in [2.05, 4.69) is 0 Å². The Kier molecular flexibility index (Phi) is 5.13. The van der Waals surface area contributed by atoms with Gasteiger partial charge in [0.2, 0.25) is 11.8 Å². The van der Waals surface area contributed by atoms with Gasteiger partial charge in [0.15, 0.2) is 0 Å². The summed E-state index contributed by atoms with van der Waals surface area (Å²) >= 11 is 1.58. The van der Waals surface area contributed by atoms with Crippen molar-refractivity contribution in [3.8, 4) is 6.07 Å². The van der Waals surface area contributed by atoms with Crippen LogP contribution in [0.1, 0.15) is 17.7 Å². The van der Waals surface area contributed by atoms with Crippen molar-refractivity contribution in [2.45, 2.75) is 19.3 Å². The van der Waals surface area contributed by atoms with E-state index in [9.17, 15) is 9.59 Å². The molecule has 0 aliphatic carbocycles. The van der Waals surface area contributed by atoms with Crippen molar-refractivity contribution in [1.29, 1.82) is 5.26 Å². The van der Waals surface area contributed by atoms with Crippen LogP contribution in [0.15, 0.2) is 17.5 Å². The van der Waals surface area contributed by atoms with Gasteiger partial charge in [-0.1, -0.05) is 6.07 Å². The molecule has 2 heterocycles. The number of nitrogens with zero attached hydrogens (tertiary/aromatic N) is 3. The Labute approximate surface area is 122 Å². The number of carbonyl (C=O) groups excluding carboxylic acids is 2. The molecule has 106 valence electrons. The summed E-state index contributed by atoms with van der Waals surface area (Å²) in [5.74, 6) is -0.0258. The number of hydrogen-bond donors (Lipinski definition) is 0. The van der Waals surface area contributed by atoms with Crippen LogP contribution in [0.2, 0.25) is 0 Å². The Morgan fingerprint density at radius 3 is 2.50 bits per heavy atom. The maximum atomic E-state index is 12.2. The van der Waals surface area contributed by atoms with Gasteiger partial charge in [-0.05, 0) is 17.9 Å². The molecule has 0 N–H and O–H groups in total. The second kappa shape index (κ2) is 7.06. The first-order valence-corrected chi connectivity index (χ1v) is 7.53. The minimum absolute atomic E-state index is 0.0802. The van der Waals surface area contributed by atoms with Crippen molar-refractivity contribution >= 4 is 23.2 Å². The second-order valence-corrected chi connectivity index (χ2v) is 5.74. The molecule has 0 aromatic carbocycles. The zero-order valence-corrected chi connectivity index (χ0v) is 12.1. The summed E-state index contributed by atoms with van der Waals surface area (Å²) in [6.07, 6.45) is 1.13. The lowest BCUT2D eigenvalue weighted by Gasteiger charge is -2.21. The minimum atomic E-state index is -0.139. The molecule has 1 fully saturated rings. The molecule has 1 saturated heterocycles. The Balaban J connectivity index is 1.87. The van der Waals surface area contributed by atoms with Crippen LogP contribution in [0.4, 0.5) is 0 Å². The van der Waals surface area contributed by atoms with Gasteiger partial charge in [-0.25, -0.2) is 0 Å². The van der Waals surface area contributed by atoms with Crippen LogP contribution in [-0.2, 0) is 16.0 Å². The number of nitriles is 1. The number of rotatable bonds is 3. The predicted molar refractivity (Wildman–Crippen MR) is 76.0 cm³/mol. The molecular formula is C14H17N3O2S. The standard InChI is InChI=1S/C14H17N3O2S/c15-5-4-13(18)16-6-2-7-17(9-8-16)14(19)11-12-3-1-10-20-12/h1,3,10H,2,4,6-9,11H2. The highest BCUT2D eigenvalue weighted by molar-refractivity contribution is 7.10. The maximum Gasteiger partial charge on any atom is 0.236 e. The molecule has 0 bridgehead atoms. The van der Waals surface area contributed by atoms with Crippen LogP contribution < -0.4 is 0 Å². The van der Waals surface area contributed by atoms with E-state index >= 15 is 0 Å². The summed E-state index contributed by atoms with van der Waals surface area (Å²) in [7, 11) is 0. The molecular weight excluding hydrogens is 274 g/mol. The van der Waals surface area contributed by atoms with E-state index < -0.39 is 0 Å². The zero-order chi connectivity index (χ0) is 14.4. The van der Waals surface area contributed by atoms with Gasteiger partial charge in [-0.15, -0.1) is 11.3 Å². The number of hydrogen-bond acceptors (Lipinski definition) is 4. The van der Waals surface area contributed by atoms with Crippen LogP contribution in [0, 0.1) is 11.3 Å². The van der Waals surface area contributed by atoms with Crippen molar-refractivity contribution in [3.05, 3.63) is 22.4 Å². The predicted octanol–water partition coefficient (Wildman–Crippen LogP) is 1.27. The minimum Gasteiger partial charge on any atom is -0.341 e. The molecule has 6 heteroatoms. The van der Waals surface area contributed by atoms with E-state index in [-0.39, 0.29) is 18.2 Å². The molecule has 5 nitrogen and oxygen atoms in total. The fourth-order valence-corrected chi connectivity index (χ4v) is 2.97. The topological polar surface area (TPSA) is 64.4 Å². The molecule has 1 aromatic heterocycles. The lowest BCUT2D eigenvalue weighted by molar-refractivity contribution is -0.132. The smallest absolute Gasteiger partial charge is 0.236 e. The van der Waals surface area contributed by atoms with E-state index in [0.717, 1.165) is 11.3 Å². The van der Waals surface area contributed by atoms with Gasteiger partial charge in [0.1, 0.15) is 6.42 Å². The molecule has 2 amide bonds. The molecule has 0 unspecified atom stereocenters. The molecule has 1 aromatic rings. The molecule has 20 heavy (non-hydrogen) atoms. The van der Waals surface area contributed by atoms with Crippen LogP contribution in [0.25, 0.3) is 0 Å². The molecule has 0 saturated carbocycles. The summed E-state index contributed by atoms with van der Waals surface area (Å²) in [6.45, 7) is 2.39. The number of amides is 2. The third-order valence-corrected chi connectivity index (χ3v) is 4.21. The molecule has 0 spiro atoms. The van der Waals surface area contributed by atoms with E-state index in [4.69, 9.17) is 5.26 Å². The van der Waals surface area contributed by atoms with E-state index in [1.165, 1.54) is 0 Å². The Morgan fingerprint density at radius 1 is 1.20 bits per heavy atom. The first-order chi connectivity index (χ1) is 9.70. The lowest BCUT2D eigenvalue weighted by Crippen LogP contribution is -2.37. The number of thiophene rings is 1. The molecule has 1 aliphatic rings. The highest BCUT2D eigenvalue weighted by Crippen LogP contribution is 2.12. The van der Waals surface area contributed by atoms with Crippen molar-refractivity contribution in [2.24, 2.45) is 0 Å². The highest BCUT2D eigenvalue weighted by Gasteiger charge is 2.21. The molecule has 2 rings (SSSR count). The lowest BCUT2D eigenvalue weighted by atomic mass is 10.3.